The van der Waals surface area contributed by atoms with Gasteiger partial charge >= 0.3 is 6.36 Å². The minimum Gasteiger partial charge on any atom is -0.406 e. The van der Waals surface area contributed by atoms with Crippen LogP contribution in [0, 0.1) is 6.92 Å². The minimum absolute atomic E-state index is 0.209. The van der Waals surface area contributed by atoms with Crippen molar-refractivity contribution in [2.24, 2.45) is 0 Å². The van der Waals surface area contributed by atoms with Crippen molar-refractivity contribution in [2.75, 3.05) is 0 Å². The van der Waals surface area contributed by atoms with Gasteiger partial charge in [-0.3, -0.25) is 4.98 Å². The van der Waals surface area contributed by atoms with Crippen LogP contribution in [0.25, 0.3) is 0 Å². The molecule has 0 saturated carbocycles. The summed E-state index contributed by atoms with van der Waals surface area (Å²) in [6.07, 6.45) is -1.18. The fourth-order valence-electron chi connectivity index (χ4n) is 1.88. The van der Waals surface area contributed by atoms with Gasteiger partial charge in [-0.25, -0.2) is 0 Å². The van der Waals surface area contributed by atoms with Gasteiger partial charge in [-0.2, -0.15) is 0 Å². The molecule has 3 nitrogen and oxygen atoms in total. The third-order valence-electron chi connectivity index (χ3n) is 2.92. The summed E-state index contributed by atoms with van der Waals surface area (Å²) in [7, 11) is 0. The van der Waals surface area contributed by atoms with Crippen LogP contribution in [0.3, 0.4) is 0 Å². The molecule has 1 aromatic carbocycles. The number of ether oxygens (including phenoxy) is 1. The third-order valence-corrected chi connectivity index (χ3v) is 2.92. The molecule has 1 heterocycles. The van der Waals surface area contributed by atoms with E-state index in [2.05, 4.69) is 15.0 Å². The van der Waals surface area contributed by atoms with Gasteiger partial charge in [0, 0.05) is 25.5 Å². The molecule has 0 fully saturated rings. The number of rotatable bonds is 5. The molecule has 0 aliphatic heterocycles. The SMILES string of the molecule is Cc1ccncc1CNCc1cccc(OC(F)(F)F)c1. The van der Waals surface area contributed by atoms with E-state index in [0.29, 0.717) is 13.1 Å². The Hall–Kier alpha value is -2.08. The number of nitrogens with zero attached hydrogens (tertiary/aromatic N) is 1. The minimum atomic E-state index is -4.67. The lowest BCUT2D eigenvalue weighted by atomic mass is 10.1. The highest BCUT2D eigenvalue weighted by Gasteiger charge is 2.31. The summed E-state index contributed by atoms with van der Waals surface area (Å²) in [5, 5.41) is 3.17. The molecule has 0 saturated heterocycles. The fourth-order valence-corrected chi connectivity index (χ4v) is 1.88. The molecule has 112 valence electrons. The average molecular weight is 296 g/mol. The van der Waals surface area contributed by atoms with E-state index in [1.807, 2.05) is 13.0 Å². The molecular formula is C15H15F3N2O. The first kappa shape index (κ1) is 15.3. The highest BCUT2D eigenvalue weighted by atomic mass is 19.4. The van der Waals surface area contributed by atoms with Gasteiger partial charge in [0.25, 0.3) is 0 Å². The van der Waals surface area contributed by atoms with E-state index < -0.39 is 6.36 Å². The van der Waals surface area contributed by atoms with E-state index in [4.69, 9.17) is 0 Å². The number of aryl methyl sites for hydroxylation is 1. The summed E-state index contributed by atoms with van der Waals surface area (Å²) in [4.78, 5) is 4.04. The Morgan fingerprint density at radius 1 is 1.19 bits per heavy atom. The zero-order valence-electron chi connectivity index (χ0n) is 11.4. The summed E-state index contributed by atoms with van der Waals surface area (Å²) < 4.78 is 40.3. The number of hydrogen-bond donors (Lipinski definition) is 1. The monoisotopic (exact) mass is 296 g/mol. The average Bonchev–Trinajstić information content (AvgIpc) is 2.39. The van der Waals surface area contributed by atoms with Gasteiger partial charge in [0.1, 0.15) is 5.75 Å². The second kappa shape index (κ2) is 6.58. The lowest BCUT2D eigenvalue weighted by Crippen LogP contribution is -2.17. The topological polar surface area (TPSA) is 34.2 Å². The number of halogens is 3. The molecule has 2 rings (SSSR count). The maximum atomic E-state index is 12.1. The van der Waals surface area contributed by atoms with Crippen LogP contribution >= 0.6 is 0 Å². The highest BCUT2D eigenvalue weighted by Crippen LogP contribution is 2.23. The number of pyridine rings is 1. The molecule has 0 aliphatic rings. The number of aromatic nitrogens is 1. The van der Waals surface area contributed by atoms with E-state index in [0.717, 1.165) is 16.7 Å². The van der Waals surface area contributed by atoms with Crippen molar-refractivity contribution >= 4 is 0 Å². The quantitative estimate of drug-likeness (QED) is 0.915. The second-order valence-corrected chi connectivity index (χ2v) is 4.60. The van der Waals surface area contributed by atoms with Crippen molar-refractivity contribution in [3.63, 3.8) is 0 Å². The molecule has 1 aromatic heterocycles. The first-order valence-corrected chi connectivity index (χ1v) is 6.39. The van der Waals surface area contributed by atoms with Crippen molar-refractivity contribution in [3.8, 4) is 5.75 Å². The van der Waals surface area contributed by atoms with Gasteiger partial charge in [-0.05, 0) is 41.8 Å². The number of benzene rings is 1. The van der Waals surface area contributed by atoms with Gasteiger partial charge in [-0.15, -0.1) is 13.2 Å². The van der Waals surface area contributed by atoms with Crippen LogP contribution in [0.5, 0.6) is 5.75 Å². The molecule has 2 aromatic rings. The Morgan fingerprint density at radius 2 is 2.00 bits per heavy atom. The number of alkyl halides is 3. The zero-order valence-corrected chi connectivity index (χ0v) is 11.4. The van der Waals surface area contributed by atoms with E-state index in [9.17, 15) is 13.2 Å². The first-order valence-electron chi connectivity index (χ1n) is 6.39. The fraction of sp³-hybridized carbons (Fsp3) is 0.267. The molecule has 1 N–H and O–H groups in total. The Balaban J connectivity index is 1.92. The lowest BCUT2D eigenvalue weighted by molar-refractivity contribution is -0.274. The second-order valence-electron chi connectivity index (χ2n) is 4.60. The van der Waals surface area contributed by atoms with E-state index in [1.165, 1.54) is 18.2 Å². The lowest BCUT2D eigenvalue weighted by Gasteiger charge is -2.11. The summed E-state index contributed by atoms with van der Waals surface area (Å²) in [6, 6.07) is 7.84. The maximum absolute atomic E-state index is 12.1. The van der Waals surface area contributed by atoms with Crippen molar-refractivity contribution in [1.82, 2.24) is 10.3 Å². The zero-order chi connectivity index (χ0) is 15.3. The smallest absolute Gasteiger partial charge is 0.406 e. The van der Waals surface area contributed by atoms with Crippen LogP contribution in [-0.4, -0.2) is 11.3 Å². The van der Waals surface area contributed by atoms with E-state index in [-0.39, 0.29) is 5.75 Å². The van der Waals surface area contributed by atoms with E-state index >= 15 is 0 Å². The van der Waals surface area contributed by atoms with Crippen LogP contribution in [0.4, 0.5) is 13.2 Å². The molecule has 0 unspecified atom stereocenters. The van der Waals surface area contributed by atoms with Gasteiger partial charge in [0.15, 0.2) is 0 Å². The molecule has 0 atom stereocenters. The summed E-state index contributed by atoms with van der Waals surface area (Å²) in [5.41, 5.74) is 2.89. The number of hydrogen-bond acceptors (Lipinski definition) is 3. The van der Waals surface area contributed by atoms with Gasteiger partial charge < -0.3 is 10.1 Å². The predicted molar refractivity (Wildman–Crippen MR) is 72.6 cm³/mol. The van der Waals surface area contributed by atoms with Crippen LogP contribution in [0.2, 0.25) is 0 Å². The Kier molecular flexibility index (Phi) is 4.80. The van der Waals surface area contributed by atoms with Gasteiger partial charge in [-0.1, -0.05) is 12.1 Å². The molecule has 0 radical (unpaired) electrons. The van der Waals surface area contributed by atoms with Crippen molar-refractivity contribution in [3.05, 3.63) is 59.4 Å². The summed E-state index contributed by atoms with van der Waals surface area (Å²) >= 11 is 0. The molecule has 0 aliphatic carbocycles. The largest absolute Gasteiger partial charge is 0.573 e. The molecular weight excluding hydrogens is 281 g/mol. The Bertz CT molecular complexity index is 599. The van der Waals surface area contributed by atoms with Crippen LogP contribution in [0.15, 0.2) is 42.7 Å². The van der Waals surface area contributed by atoms with Gasteiger partial charge in [0.05, 0.1) is 0 Å². The molecule has 0 spiro atoms. The van der Waals surface area contributed by atoms with Crippen molar-refractivity contribution < 1.29 is 17.9 Å². The normalized spacial score (nSPS) is 11.4. The van der Waals surface area contributed by atoms with Crippen LogP contribution in [-0.2, 0) is 13.1 Å². The van der Waals surface area contributed by atoms with Crippen molar-refractivity contribution in [1.29, 1.82) is 0 Å². The van der Waals surface area contributed by atoms with Crippen LogP contribution < -0.4 is 10.1 Å². The first-order chi connectivity index (χ1) is 9.94. The maximum Gasteiger partial charge on any atom is 0.573 e. The molecule has 21 heavy (non-hydrogen) atoms. The summed E-state index contributed by atoms with van der Waals surface area (Å²) in [6.45, 7) is 3.03. The Labute approximate surface area is 120 Å². The van der Waals surface area contributed by atoms with Gasteiger partial charge in [0.2, 0.25) is 0 Å². The van der Waals surface area contributed by atoms with Crippen molar-refractivity contribution in [2.45, 2.75) is 26.4 Å². The molecule has 6 heteroatoms. The third kappa shape index (κ3) is 5.07. The summed E-state index contributed by atoms with van der Waals surface area (Å²) in [5.74, 6) is -0.209. The highest BCUT2D eigenvalue weighted by molar-refractivity contribution is 5.29. The number of nitrogens with one attached hydrogen (secondary N) is 1. The predicted octanol–water partition coefficient (Wildman–Crippen LogP) is 3.58. The molecule has 0 amide bonds. The van der Waals surface area contributed by atoms with Crippen LogP contribution in [0.1, 0.15) is 16.7 Å². The standard InChI is InChI=1S/C15H15F3N2O/c1-11-5-6-19-9-13(11)10-20-8-12-3-2-4-14(7-12)21-15(16,17)18/h2-7,9,20H,8,10H2,1H3. The Morgan fingerprint density at radius 3 is 2.71 bits per heavy atom. The molecule has 0 bridgehead atoms. The van der Waals surface area contributed by atoms with E-state index in [1.54, 1.807) is 18.5 Å².